The van der Waals surface area contributed by atoms with Crippen LogP contribution in [0, 0.1) is 19.8 Å². The lowest BCUT2D eigenvalue weighted by atomic mass is 10.1. The zero-order chi connectivity index (χ0) is 19.5. The smallest absolute Gasteiger partial charge is 0.274 e. The number of carbonyl (C=O) groups is 1. The molecule has 1 aliphatic carbocycles. The van der Waals surface area contributed by atoms with Crippen LogP contribution in [0.25, 0.3) is 0 Å². The third-order valence-electron chi connectivity index (χ3n) is 5.63. The first-order valence-electron chi connectivity index (χ1n) is 10.2. The molecule has 0 unspecified atom stereocenters. The van der Waals surface area contributed by atoms with Gasteiger partial charge in [0.1, 0.15) is 5.75 Å². The van der Waals surface area contributed by atoms with Gasteiger partial charge in [0.15, 0.2) is 5.69 Å². The molecule has 0 radical (unpaired) electrons. The standard InChI is InChI=1S/C21H29N5O2.ClH/c1-14-3-6-17(19(11-14)28-13-16-4-5-16)12-23-21(27)20-15(2)26(25-24-20)18-7-9-22-10-8-18;/h3,6,11,16,18,22H,4-5,7-10,12-13H2,1-2H3,(H,23,27);1H. The quantitative estimate of drug-likeness (QED) is 0.721. The van der Waals surface area contributed by atoms with Crippen molar-refractivity contribution in [1.82, 2.24) is 25.6 Å². The third kappa shape index (κ3) is 5.28. The molecule has 29 heavy (non-hydrogen) atoms. The van der Waals surface area contributed by atoms with Gasteiger partial charge in [0.05, 0.1) is 18.3 Å². The number of ether oxygens (including phenoxy) is 1. The van der Waals surface area contributed by atoms with Crippen LogP contribution in [0.2, 0.25) is 0 Å². The molecule has 1 amide bonds. The highest BCUT2D eigenvalue weighted by molar-refractivity contribution is 5.93. The molecule has 1 aromatic heterocycles. The van der Waals surface area contributed by atoms with E-state index < -0.39 is 0 Å². The van der Waals surface area contributed by atoms with Crippen LogP contribution in [0.1, 0.15) is 59.0 Å². The Bertz CT molecular complexity index is 844. The van der Waals surface area contributed by atoms with Gasteiger partial charge in [0.25, 0.3) is 5.91 Å². The number of aryl methyl sites for hydroxylation is 1. The van der Waals surface area contributed by atoms with E-state index in [0.29, 0.717) is 24.2 Å². The summed E-state index contributed by atoms with van der Waals surface area (Å²) < 4.78 is 7.91. The molecule has 1 saturated carbocycles. The third-order valence-corrected chi connectivity index (χ3v) is 5.63. The van der Waals surface area contributed by atoms with Gasteiger partial charge in [-0.3, -0.25) is 4.79 Å². The van der Waals surface area contributed by atoms with E-state index >= 15 is 0 Å². The fraction of sp³-hybridized carbons (Fsp3) is 0.571. The van der Waals surface area contributed by atoms with Crippen molar-refractivity contribution < 1.29 is 9.53 Å². The minimum Gasteiger partial charge on any atom is -0.493 e. The average molecular weight is 420 g/mol. The van der Waals surface area contributed by atoms with Crippen molar-refractivity contribution in [3.05, 3.63) is 40.7 Å². The molecule has 1 aromatic carbocycles. The van der Waals surface area contributed by atoms with Gasteiger partial charge >= 0.3 is 0 Å². The highest BCUT2D eigenvalue weighted by atomic mass is 35.5. The Kier molecular flexibility index (Phi) is 7.14. The molecule has 158 valence electrons. The molecular formula is C21H30ClN5O2. The number of piperidine rings is 1. The lowest BCUT2D eigenvalue weighted by Crippen LogP contribution is -2.30. The summed E-state index contributed by atoms with van der Waals surface area (Å²) in [5.74, 6) is 1.37. The Labute approximate surface area is 178 Å². The van der Waals surface area contributed by atoms with Crippen LogP contribution in [0.3, 0.4) is 0 Å². The Morgan fingerprint density at radius 1 is 1.24 bits per heavy atom. The summed E-state index contributed by atoms with van der Waals surface area (Å²) in [5, 5.41) is 14.7. The maximum absolute atomic E-state index is 12.7. The van der Waals surface area contributed by atoms with Crippen LogP contribution in [-0.4, -0.2) is 40.6 Å². The molecule has 7 nitrogen and oxygen atoms in total. The number of nitrogens with one attached hydrogen (secondary N) is 2. The molecule has 2 aromatic rings. The molecule has 2 fully saturated rings. The van der Waals surface area contributed by atoms with Gasteiger partial charge in [0.2, 0.25) is 0 Å². The number of rotatable bonds is 7. The average Bonchev–Trinajstić information content (AvgIpc) is 3.46. The van der Waals surface area contributed by atoms with Gasteiger partial charge in [-0.15, -0.1) is 17.5 Å². The predicted octanol–water partition coefficient (Wildman–Crippen LogP) is 2.96. The molecule has 1 saturated heterocycles. The molecule has 0 spiro atoms. The van der Waals surface area contributed by atoms with E-state index in [-0.39, 0.29) is 18.3 Å². The fourth-order valence-corrected chi connectivity index (χ4v) is 3.64. The van der Waals surface area contributed by atoms with Gasteiger partial charge in [-0.25, -0.2) is 4.68 Å². The molecular weight excluding hydrogens is 390 g/mol. The molecule has 1 aliphatic heterocycles. The van der Waals surface area contributed by atoms with E-state index in [9.17, 15) is 4.79 Å². The summed E-state index contributed by atoms with van der Waals surface area (Å²) in [5.41, 5.74) is 3.38. The number of hydrogen-bond donors (Lipinski definition) is 2. The molecule has 4 rings (SSSR count). The van der Waals surface area contributed by atoms with E-state index in [1.165, 1.54) is 12.8 Å². The summed E-state index contributed by atoms with van der Waals surface area (Å²) in [7, 11) is 0. The number of halogens is 1. The van der Waals surface area contributed by atoms with E-state index in [4.69, 9.17) is 4.74 Å². The molecule has 0 atom stereocenters. The summed E-state index contributed by atoms with van der Waals surface area (Å²) >= 11 is 0. The van der Waals surface area contributed by atoms with Crippen molar-refractivity contribution in [3.8, 4) is 5.75 Å². The van der Waals surface area contributed by atoms with Crippen LogP contribution >= 0.6 is 12.4 Å². The van der Waals surface area contributed by atoms with Crippen molar-refractivity contribution in [2.75, 3.05) is 19.7 Å². The lowest BCUT2D eigenvalue weighted by molar-refractivity contribution is 0.0944. The number of benzene rings is 1. The van der Waals surface area contributed by atoms with Crippen molar-refractivity contribution in [3.63, 3.8) is 0 Å². The molecule has 2 N–H and O–H groups in total. The number of hydrogen-bond acceptors (Lipinski definition) is 5. The lowest BCUT2D eigenvalue weighted by Gasteiger charge is -2.23. The molecule has 8 heteroatoms. The molecule has 0 bridgehead atoms. The van der Waals surface area contributed by atoms with Crippen LogP contribution < -0.4 is 15.4 Å². The first-order valence-corrected chi connectivity index (χ1v) is 10.2. The predicted molar refractivity (Wildman–Crippen MR) is 114 cm³/mol. The van der Waals surface area contributed by atoms with E-state index in [0.717, 1.165) is 55.1 Å². The van der Waals surface area contributed by atoms with Crippen molar-refractivity contribution >= 4 is 18.3 Å². The molecule has 2 heterocycles. The monoisotopic (exact) mass is 419 g/mol. The molecule has 2 aliphatic rings. The summed E-state index contributed by atoms with van der Waals surface area (Å²) in [6.07, 6.45) is 4.53. The minimum atomic E-state index is -0.189. The normalized spacial score (nSPS) is 16.9. The Balaban J connectivity index is 0.00000240. The fourth-order valence-electron chi connectivity index (χ4n) is 3.64. The Hall–Kier alpha value is -2.12. The van der Waals surface area contributed by atoms with Crippen LogP contribution in [0.4, 0.5) is 0 Å². The van der Waals surface area contributed by atoms with Crippen molar-refractivity contribution in [1.29, 1.82) is 0 Å². The second-order valence-corrected chi connectivity index (χ2v) is 8.00. The van der Waals surface area contributed by atoms with Gasteiger partial charge < -0.3 is 15.4 Å². The Morgan fingerprint density at radius 2 is 2.00 bits per heavy atom. The topological polar surface area (TPSA) is 81.1 Å². The zero-order valence-electron chi connectivity index (χ0n) is 17.1. The highest BCUT2D eigenvalue weighted by Gasteiger charge is 2.24. The maximum atomic E-state index is 12.7. The number of aromatic nitrogens is 3. The van der Waals surface area contributed by atoms with Crippen molar-refractivity contribution in [2.24, 2.45) is 5.92 Å². The first-order chi connectivity index (χ1) is 13.6. The number of nitrogens with zero attached hydrogens (tertiary/aromatic N) is 3. The SMILES string of the molecule is Cc1ccc(CNC(=O)c2nnn(C3CCNCC3)c2C)c(OCC2CC2)c1.Cl. The number of amides is 1. The number of carbonyl (C=O) groups excluding carboxylic acids is 1. The van der Waals surface area contributed by atoms with E-state index in [2.05, 4.69) is 27.9 Å². The van der Waals surface area contributed by atoms with Crippen LogP contribution in [-0.2, 0) is 6.54 Å². The van der Waals surface area contributed by atoms with Gasteiger partial charge in [-0.2, -0.15) is 0 Å². The van der Waals surface area contributed by atoms with Crippen LogP contribution in [0.5, 0.6) is 5.75 Å². The maximum Gasteiger partial charge on any atom is 0.274 e. The van der Waals surface area contributed by atoms with Crippen molar-refractivity contribution in [2.45, 2.75) is 52.1 Å². The van der Waals surface area contributed by atoms with E-state index in [1.54, 1.807) is 0 Å². The van der Waals surface area contributed by atoms with E-state index in [1.807, 2.05) is 29.8 Å². The van der Waals surface area contributed by atoms with Gasteiger partial charge in [-0.1, -0.05) is 17.3 Å². The minimum absolute atomic E-state index is 0. The van der Waals surface area contributed by atoms with Gasteiger partial charge in [-0.05, 0) is 70.2 Å². The zero-order valence-corrected chi connectivity index (χ0v) is 17.9. The highest BCUT2D eigenvalue weighted by Crippen LogP contribution is 2.30. The largest absolute Gasteiger partial charge is 0.493 e. The van der Waals surface area contributed by atoms with Gasteiger partial charge in [0, 0.05) is 12.1 Å². The Morgan fingerprint density at radius 3 is 2.72 bits per heavy atom. The summed E-state index contributed by atoms with van der Waals surface area (Å²) in [4.78, 5) is 12.7. The summed E-state index contributed by atoms with van der Waals surface area (Å²) in [6, 6.07) is 6.43. The van der Waals surface area contributed by atoms with Crippen LogP contribution in [0.15, 0.2) is 18.2 Å². The first kappa shape index (κ1) is 21.6. The summed E-state index contributed by atoms with van der Waals surface area (Å²) in [6.45, 7) is 7.10. The second-order valence-electron chi connectivity index (χ2n) is 8.00. The second kappa shape index (κ2) is 9.59.